The van der Waals surface area contributed by atoms with Crippen LogP contribution in [0.3, 0.4) is 0 Å². The molecule has 0 fully saturated rings. The summed E-state index contributed by atoms with van der Waals surface area (Å²) in [5.41, 5.74) is 6.09. The molecule has 94 valence electrons. The van der Waals surface area contributed by atoms with Gasteiger partial charge in [-0.3, -0.25) is 4.79 Å². The van der Waals surface area contributed by atoms with Crippen molar-refractivity contribution in [2.45, 2.75) is 6.92 Å². The molecule has 0 saturated heterocycles. The van der Waals surface area contributed by atoms with Crippen LogP contribution < -0.4 is 11.1 Å². The Labute approximate surface area is 105 Å². The first kappa shape index (κ1) is 14.0. The molecular weight excluding hydrogens is 239 g/mol. The third-order valence-electron chi connectivity index (χ3n) is 2.17. The largest absolute Gasteiger partial charge is 0.330 e. The summed E-state index contributed by atoms with van der Waals surface area (Å²) < 4.78 is 12.6. The van der Waals surface area contributed by atoms with Gasteiger partial charge in [0.25, 0.3) is 0 Å². The van der Waals surface area contributed by atoms with E-state index in [1.165, 1.54) is 12.1 Å². The topological polar surface area (TPSA) is 55.1 Å². The third-order valence-corrected chi connectivity index (χ3v) is 3.44. The van der Waals surface area contributed by atoms with Gasteiger partial charge in [-0.15, -0.1) is 0 Å². The van der Waals surface area contributed by atoms with E-state index in [1.54, 1.807) is 23.9 Å². The van der Waals surface area contributed by atoms with E-state index in [1.807, 2.05) is 6.92 Å². The Morgan fingerprint density at radius 2 is 2.12 bits per heavy atom. The second-order valence-corrected chi connectivity index (χ2v) is 4.94. The molecule has 0 aliphatic heterocycles. The Morgan fingerprint density at radius 1 is 1.47 bits per heavy atom. The van der Waals surface area contributed by atoms with Gasteiger partial charge in [-0.25, -0.2) is 4.39 Å². The maximum absolute atomic E-state index is 12.6. The fraction of sp³-hybridized carbons (Fsp3) is 0.417. The molecule has 1 amide bonds. The van der Waals surface area contributed by atoms with Crippen LogP contribution in [-0.4, -0.2) is 24.0 Å². The van der Waals surface area contributed by atoms with Crippen molar-refractivity contribution in [2.24, 2.45) is 11.7 Å². The van der Waals surface area contributed by atoms with Crippen LogP contribution in [0.25, 0.3) is 0 Å². The Morgan fingerprint density at radius 3 is 2.71 bits per heavy atom. The lowest BCUT2D eigenvalue weighted by molar-refractivity contribution is -0.113. The number of hydrogen-bond donors (Lipinski definition) is 2. The number of nitrogens with two attached hydrogens (primary N) is 1. The smallest absolute Gasteiger partial charge is 0.234 e. The molecule has 0 aliphatic carbocycles. The Balaban J connectivity index is 2.27. The number of halogens is 1. The fourth-order valence-corrected chi connectivity index (χ4v) is 2.07. The van der Waals surface area contributed by atoms with E-state index in [9.17, 15) is 9.18 Å². The lowest BCUT2D eigenvalue weighted by atomic mass is 10.2. The molecule has 1 atom stereocenters. The fourth-order valence-electron chi connectivity index (χ4n) is 1.15. The molecule has 0 spiro atoms. The summed E-state index contributed by atoms with van der Waals surface area (Å²) in [5, 5.41) is 2.70. The van der Waals surface area contributed by atoms with Crippen molar-refractivity contribution in [1.29, 1.82) is 0 Å². The number of rotatable bonds is 6. The SMILES string of the molecule is CC(CN)CSCC(=O)Nc1ccc(F)cc1. The van der Waals surface area contributed by atoms with Crippen LogP contribution in [0.4, 0.5) is 10.1 Å². The van der Waals surface area contributed by atoms with Gasteiger partial charge < -0.3 is 11.1 Å². The maximum atomic E-state index is 12.6. The van der Waals surface area contributed by atoms with Gasteiger partial charge in [0.05, 0.1) is 5.75 Å². The first-order valence-corrected chi connectivity index (χ1v) is 6.60. The van der Waals surface area contributed by atoms with E-state index in [2.05, 4.69) is 5.32 Å². The Bertz CT molecular complexity index is 356. The minimum Gasteiger partial charge on any atom is -0.330 e. The first-order valence-electron chi connectivity index (χ1n) is 5.45. The number of carbonyl (C=O) groups excluding carboxylic acids is 1. The maximum Gasteiger partial charge on any atom is 0.234 e. The Hall–Kier alpha value is -1.07. The van der Waals surface area contributed by atoms with E-state index in [0.29, 0.717) is 23.9 Å². The molecule has 3 N–H and O–H groups in total. The zero-order chi connectivity index (χ0) is 12.7. The molecule has 0 saturated carbocycles. The summed E-state index contributed by atoms with van der Waals surface area (Å²) >= 11 is 1.55. The average Bonchev–Trinajstić information content (AvgIpc) is 2.32. The van der Waals surface area contributed by atoms with Crippen molar-refractivity contribution in [1.82, 2.24) is 0 Å². The van der Waals surface area contributed by atoms with E-state index in [-0.39, 0.29) is 11.7 Å². The van der Waals surface area contributed by atoms with Gasteiger partial charge in [0.2, 0.25) is 5.91 Å². The summed E-state index contributed by atoms with van der Waals surface area (Å²) in [6.07, 6.45) is 0. The summed E-state index contributed by atoms with van der Waals surface area (Å²) in [5.74, 6) is 1.29. The standard InChI is InChI=1S/C12H17FN2OS/c1-9(6-14)7-17-8-12(16)15-11-4-2-10(13)3-5-11/h2-5,9H,6-8,14H2,1H3,(H,15,16). The molecular formula is C12H17FN2OS. The normalized spacial score (nSPS) is 12.2. The molecule has 0 aliphatic rings. The molecule has 0 aromatic heterocycles. The predicted molar refractivity (Wildman–Crippen MR) is 70.6 cm³/mol. The van der Waals surface area contributed by atoms with Crippen LogP contribution >= 0.6 is 11.8 Å². The zero-order valence-corrected chi connectivity index (χ0v) is 10.6. The third kappa shape index (κ3) is 5.70. The predicted octanol–water partition coefficient (Wildman–Crippen LogP) is 2.09. The lowest BCUT2D eigenvalue weighted by Gasteiger charge is -2.08. The molecule has 1 aromatic rings. The highest BCUT2D eigenvalue weighted by Gasteiger charge is 2.05. The molecule has 5 heteroatoms. The highest BCUT2D eigenvalue weighted by Crippen LogP contribution is 2.11. The summed E-state index contributed by atoms with van der Waals surface area (Å²) in [4.78, 5) is 11.5. The summed E-state index contributed by atoms with van der Waals surface area (Å²) in [6, 6.07) is 5.72. The number of carbonyl (C=O) groups is 1. The first-order chi connectivity index (χ1) is 8.11. The highest BCUT2D eigenvalue weighted by atomic mass is 32.2. The number of anilines is 1. The van der Waals surface area contributed by atoms with Crippen molar-refractivity contribution >= 4 is 23.4 Å². The molecule has 3 nitrogen and oxygen atoms in total. The van der Waals surface area contributed by atoms with Gasteiger partial charge in [0.1, 0.15) is 5.82 Å². The number of benzene rings is 1. The van der Waals surface area contributed by atoms with Crippen molar-refractivity contribution in [3.8, 4) is 0 Å². The quantitative estimate of drug-likeness (QED) is 0.819. The van der Waals surface area contributed by atoms with Gasteiger partial charge in [0, 0.05) is 5.69 Å². The van der Waals surface area contributed by atoms with E-state index in [0.717, 1.165) is 5.75 Å². The molecule has 0 bridgehead atoms. The van der Waals surface area contributed by atoms with Crippen LogP contribution in [0, 0.1) is 11.7 Å². The van der Waals surface area contributed by atoms with Crippen LogP contribution in [0.2, 0.25) is 0 Å². The lowest BCUT2D eigenvalue weighted by Crippen LogP contribution is -2.17. The Kier molecular flexibility index (Phi) is 6.00. The van der Waals surface area contributed by atoms with Crippen molar-refractivity contribution in [3.05, 3.63) is 30.1 Å². The molecule has 0 radical (unpaired) electrons. The van der Waals surface area contributed by atoms with Crippen LogP contribution in [0.5, 0.6) is 0 Å². The van der Waals surface area contributed by atoms with Gasteiger partial charge >= 0.3 is 0 Å². The van der Waals surface area contributed by atoms with Gasteiger partial charge in [-0.2, -0.15) is 11.8 Å². The number of nitrogens with one attached hydrogen (secondary N) is 1. The van der Waals surface area contributed by atoms with Crippen molar-refractivity contribution in [2.75, 3.05) is 23.4 Å². The van der Waals surface area contributed by atoms with Crippen LogP contribution in [0.15, 0.2) is 24.3 Å². The molecule has 1 rings (SSSR count). The van der Waals surface area contributed by atoms with Crippen LogP contribution in [0.1, 0.15) is 6.92 Å². The van der Waals surface area contributed by atoms with E-state index >= 15 is 0 Å². The number of hydrogen-bond acceptors (Lipinski definition) is 3. The summed E-state index contributed by atoms with van der Waals surface area (Å²) in [7, 11) is 0. The van der Waals surface area contributed by atoms with Gasteiger partial charge in [0.15, 0.2) is 0 Å². The molecule has 1 aromatic carbocycles. The van der Waals surface area contributed by atoms with Crippen LogP contribution in [-0.2, 0) is 4.79 Å². The highest BCUT2D eigenvalue weighted by molar-refractivity contribution is 7.99. The molecule has 17 heavy (non-hydrogen) atoms. The minimum absolute atomic E-state index is 0.0779. The monoisotopic (exact) mass is 256 g/mol. The molecule has 1 unspecified atom stereocenters. The molecule has 0 heterocycles. The van der Waals surface area contributed by atoms with E-state index in [4.69, 9.17) is 5.73 Å². The van der Waals surface area contributed by atoms with Crippen molar-refractivity contribution < 1.29 is 9.18 Å². The number of thioether (sulfide) groups is 1. The van der Waals surface area contributed by atoms with Crippen molar-refractivity contribution in [3.63, 3.8) is 0 Å². The van der Waals surface area contributed by atoms with Gasteiger partial charge in [-0.1, -0.05) is 6.92 Å². The number of amides is 1. The average molecular weight is 256 g/mol. The zero-order valence-electron chi connectivity index (χ0n) is 9.78. The summed E-state index contributed by atoms with van der Waals surface area (Å²) in [6.45, 7) is 2.68. The van der Waals surface area contributed by atoms with E-state index < -0.39 is 0 Å². The second-order valence-electron chi connectivity index (χ2n) is 3.91. The van der Waals surface area contributed by atoms with Gasteiger partial charge in [-0.05, 0) is 42.5 Å². The second kappa shape index (κ2) is 7.29. The minimum atomic E-state index is -0.311.